The van der Waals surface area contributed by atoms with Crippen LogP contribution in [0.25, 0.3) is 10.2 Å². The molecule has 1 aromatic heterocycles. The van der Waals surface area contributed by atoms with E-state index in [0.717, 1.165) is 15.8 Å². The molecule has 1 heterocycles. The van der Waals surface area contributed by atoms with E-state index in [4.69, 9.17) is 18.9 Å². The summed E-state index contributed by atoms with van der Waals surface area (Å²) in [5.74, 6) is 0.445. The van der Waals surface area contributed by atoms with Crippen LogP contribution in [0.2, 0.25) is 0 Å². The number of thiazole rings is 1. The van der Waals surface area contributed by atoms with Gasteiger partial charge in [0.25, 0.3) is 5.91 Å². The second kappa shape index (κ2) is 11.1. The van der Waals surface area contributed by atoms with Crippen LogP contribution < -0.4 is 19.2 Å². The maximum absolute atomic E-state index is 13.6. The second-order valence-electron chi connectivity index (χ2n) is 7.86. The van der Waals surface area contributed by atoms with Crippen LogP contribution in [0.1, 0.15) is 31.8 Å². The fraction of sp³-hybridized carbons (Fsp3) is 0.185. The molecule has 0 N–H and O–H groups in total. The largest absolute Gasteiger partial charge is 0.493 e. The van der Waals surface area contributed by atoms with E-state index in [-0.39, 0.29) is 0 Å². The standard InChI is InChI=1S/C27H25N3O6S/c1-16-6-11-20-23(12-16)37-27(29-20)30(25(31)18-7-9-19(10-8-18)26(32)36-5)28-15-17-13-21(33-2)24(35-4)22(14-17)34-3/h6-15H,1-5H3/b28-15+. The van der Waals surface area contributed by atoms with Gasteiger partial charge in [-0.05, 0) is 61.0 Å². The van der Waals surface area contributed by atoms with Gasteiger partial charge in [-0.15, -0.1) is 0 Å². The number of anilines is 1. The van der Waals surface area contributed by atoms with E-state index in [2.05, 4.69) is 10.1 Å². The number of aryl methyl sites for hydroxylation is 1. The van der Waals surface area contributed by atoms with Gasteiger partial charge in [-0.25, -0.2) is 9.78 Å². The summed E-state index contributed by atoms with van der Waals surface area (Å²) >= 11 is 1.35. The number of aromatic nitrogens is 1. The van der Waals surface area contributed by atoms with E-state index in [9.17, 15) is 9.59 Å². The zero-order chi connectivity index (χ0) is 26.5. The number of benzene rings is 3. The van der Waals surface area contributed by atoms with Crippen molar-refractivity contribution >= 4 is 44.8 Å². The molecule has 0 aliphatic carbocycles. The molecule has 0 fully saturated rings. The number of nitrogens with zero attached hydrogens (tertiary/aromatic N) is 3. The Bertz CT molecular complexity index is 1450. The molecule has 0 aliphatic rings. The summed E-state index contributed by atoms with van der Waals surface area (Å²) in [6.07, 6.45) is 1.52. The van der Waals surface area contributed by atoms with Gasteiger partial charge in [-0.3, -0.25) is 4.79 Å². The van der Waals surface area contributed by atoms with E-state index < -0.39 is 11.9 Å². The van der Waals surface area contributed by atoms with Gasteiger partial charge >= 0.3 is 5.97 Å². The van der Waals surface area contributed by atoms with Crippen LogP contribution in [-0.2, 0) is 4.74 Å². The number of hydrogen-bond acceptors (Lipinski definition) is 9. The summed E-state index contributed by atoms with van der Waals surface area (Å²) in [6.45, 7) is 1.99. The zero-order valence-electron chi connectivity index (χ0n) is 21.0. The molecule has 10 heteroatoms. The monoisotopic (exact) mass is 519 g/mol. The number of fused-ring (bicyclic) bond motifs is 1. The van der Waals surface area contributed by atoms with Crippen molar-refractivity contribution in [2.24, 2.45) is 5.10 Å². The summed E-state index contributed by atoms with van der Waals surface area (Å²) < 4.78 is 21.9. The molecular formula is C27H25N3O6S. The topological polar surface area (TPSA) is 99.6 Å². The van der Waals surface area contributed by atoms with Crippen molar-refractivity contribution in [1.82, 2.24) is 4.98 Å². The van der Waals surface area contributed by atoms with Crippen LogP contribution in [0.5, 0.6) is 17.2 Å². The lowest BCUT2D eigenvalue weighted by Gasteiger charge is -2.15. The molecule has 37 heavy (non-hydrogen) atoms. The number of amides is 1. The van der Waals surface area contributed by atoms with Gasteiger partial charge in [-0.1, -0.05) is 17.4 Å². The lowest BCUT2D eigenvalue weighted by molar-refractivity contribution is 0.0600. The highest BCUT2D eigenvalue weighted by molar-refractivity contribution is 7.22. The second-order valence-corrected chi connectivity index (χ2v) is 8.87. The lowest BCUT2D eigenvalue weighted by atomic mass is 10.1. The number of methoxy groups -OCH3 is 4. The number of carbonyl (C=O) groups is 2. The van der Waals surface area contributed by atoms with E-state index in [1.165, 1.54) is 63.1 Å². The molecule has 0 saturated heterocycles. The number of esters is 1. The minimum atomic E-state index is -0.488. The van der Waals surface area contributed by atoms with Gasteiger partial charge in [0.05, 0.1) is 50.4 Å². The summed E-state index contributed by atoms with van der Waals surface area (Å²) in [4.78, 5) is 30.0. The molecule has 0 saturated carbocycles. The highest BCUT2D eigenvalue weighted by Gasteiger charge is 2.22. The third-order valence-corrected chi connectivity index (χ3v) is 6.46. The van der Waals surface area contributed by atoms with E-state index in [1.54, 1.807) is 24.3 Å². The Morgan fingerprint density at radius 1 is 0.892 bits per heavy atom. The number of carbonyl (C=O) groups excluding carboxylic acids is 2. The van der Waals surface area contributed by atoms with Crippen molar-refractivity contribution in [3.8, 4) is 17.2 Å². The van der Waals surface area contributed by atoms with E-state index in [0.29, 0.717) is 39.1 Å². The average molecular weight is 520 g/mol. The lowest BCUT2D eigenvalue weighted by Crippen LogP contribution is -2.25. The highest BCUT2D eigenvalue weighted by Crippen LogP contribution is 2.38. The molecule has 1 amide bonds. The summed E-state index contributed by atoms with van der Waals surface area (Å²) in [7, 11) is 5.87. The van der Waals surface area contributed by atoms with Crippen molar-refractivity contribution in [2.45, 2.75) is 6.92 Å². The molecular weight excluding hydrogens is 494 g/mol. The van der Waals surface area contributed by atoms with Gasteiger partial charge in [0.1, 0.15) is 0 Å². The van der Waals surface area contributed by atoms with Crippen molar-refractivity contribution in [3.05, 3.63) is 76.9 Å². The maximum Gasteiger partial charge on any atom is 0.337 e. The molecule has 3 aromatic carbocycles. The predicted octanol–water partition coefficient (Wildman–Crippen LogP) is 5.10. The minimum absolute atomic E-state index is 0.324. The summed E-state index contributed by atoms with van der Waals surface area (Å²) in [6, 6.07) is 15.5. The van der Waals surface area contributed by atoms with Crippen LogP contribution in [0.15, 0.2) is 59.7 Å². The molecule has 0 spiro atoms. The quantitative estimate of drug-likeness (QED) is 0.181. The number of rotatable bonds is 8. The van der Waals surface area contributed by atoms with E-state index in [1.807, 2.05) is 25.1 Å². The molecule has 0 aliphatic heterocycles. The van der Waals surface area contributed by atoms with Crippen LogP contribution in [0.3, 0.4) is 0 Å². The maximum atomic E-state index is 13.6. The Morgan fingerprint density at radius 2 is 1.54 bits per heavy atom. The molecule has 190 valence electrons. The van der Waals surface area contributed by atoms with Crippen molar-refractivity contribution in [2.75, 3.05) is 33.4 Å². The Balaban J connectivity index is 1.77. The molecule has 0 atom stereocenters. The average Bonchev–Trinajstić information content (AvgIpc) is 3.34. The Labute approximate surface area is 217 Å². The smallest absolute Gasteiger partial charge is 0.337 e. The fourth-order valence-electron chi connectivity index (χ4n) is 3.59. The molecule has 9 nitrogen and oxygen atoms in total. The Hall–Kier alpha value is -4.44. The van der Waals surface area contributed by atoms with Gasteiger partial charge in [0.15, 0.2) is 11.5 Å². The van der Waals surface area contributed by atoms with Crippen molar-refractivity contribution in [1.29, 1.82) is 0 Å². The van der Waals surface area contributed by atoms with Gasteiger partial charge in [0.2, 0.25) is 10.9 Å². The SMILES string of the molecule is COC(=O)c1ccc(C(=O)N(/N=C/c2cc(OC)c(OC)c(OC)c2)c2nc3ccc(C)cc3s2)cc1. The third-order valence-electron chi connectivity index (χ3n) is 5.47. The minimum Gasteiger partial charge on any atom is -0.493 e. The van der Waals surface area contributed by atoms with Gasteiger partial charge < -0.3 is 18.9 Å². The number of hydrogen-bond donors (Lipinski definition) is 0. The normalized spacial score (nSPS) is 10.9. The number of ether oxygens (including phenoxy) is 4. The van der Waals surface area contributed by atoms with Gasteiger partial charge in [0, 0.05) is 11.1 Å². The Morgan fingerprint density at radius 3 is 2.14 bits per heavy atom. The fourth-order valence-corrected chi connectivity index (χ4v) is 4.61. The van der Waals surface area contributed by atoms with Crippen molar-refractivity contribution < 1.29 is 28.5 Å². The van der Waals surface area contributed by atoms with Crippen LogP contribution in [0.4, 0.5) is 5.13 Å². The molecule has 0 unspecified atom stereocenters. The first-order chi connectivity index (χ1) is 17.9. The van der Waals surface area contributed by atoms with Crippen molar-refractivity contribution in [3.63, 3.8) is 0 Å². The molecule has 4 aromatic rings. The predicted molar refractivity (Wildman–Crippen MR) is 143 cm³/mol. The summed E-state index contributed by atoms with van der Waals surface area (Å²) in [5, 5.41) is 6.13. The van der Waals surface area contributed by atoms with E-state index >= 15 is 0 Å². The molecule has 0 bridgehead atoms. The van der Waals surface area contributed by atoms with Crippen LogP contribution >= 0.6 is 11.3 Å². The zero-order valence-corrected chi connectivity index (χ0v) is 21.8. The first kappa shape index (κ1) is 25.6. The van der Waals surface area contributed by atoms with Crippen LogP contribution in [0, 0.1) is 6.92 Å². The molecule has 0 radical (unpaired) electrons. The summed E-state index contributed by atoms with van der Waals surface area (Å²) in [5.41, 5.74) is 3.12. The van der Waals surface area contributed by atoms with Crippen LogP contribution in [-0.4, -0.2) is 51.5 Å². The third kappa shape index (κ3) is 5.39. The molecule has 4 rings (SSSR count). The Kier molecular flexibility index (Phi) is 7.69. The first-order valence-electron chi connectivity index (χ1n) is 11.1. The van der Waals surface area contributed by atoms with Gasteiger partial charge in [-0.2, -0.15) is 10.1 Å². The first-order valence-corrected chi connectivity index (χ1v) is 11.9. The number of hydrazone groups is 1. The highest BCUT2D eigenvalue weighted by atomic mass is 32.1.